The van der Waals surface area contributed by atoms with Crippen LogP contribution in [0.4, 0.5) is 0 Å². The van der Waals surface area contributed by atoms with E-state index in [0.29, 0.717) is 6.04 Å². The van der Waals surface area contributed by atoms with Gasteiger partial charge in [0.15, 0.2) is 0 Å². The van der Waals surface area contributed by atoms with Gasteiger partial charge in [-0.05, 0) is 51.2 Å². The standard InChI is InChI=1S/C15H32N2/c1-14(2)16-10-6-4-5-7-11-17-12-8-9-15(3)13-17/h14-16H,4-13H2,1-3H3. The molecule has 0 aliphatic carbocycles. The highest BCUT2D eigenvalue weighted by atomic mass is 15.1. The van der Waals surface area contributed by atoms with Crippen LogP contribution in [0.25, 0.3) is 0 Å². The zero-order chi connectivity index (χ0) is 12.5. The zero-order valence-electron chi connectivity index (χ0n) is 12.2. The fourth-order valence-electron chi connectivity index (χ4n) is 2.69. The molecule has 1 unspecified atom stereocenters. The van der Waals surface area contributed by atoms with Gasteiger partial charge in [0.1, 0.15) is 0 Å². The van der Waals surface area contributed by atoms with Crippen LogP contribution in [0, 0.1) is 5.92 Å². The van der Waals surface area contributed by atoms with Crippen molar-refractivity contribution in [2.24, 2.45) is 5.92 Å². The fraction of sp³-hybridized carbons (Fsp3) is 1.00. The lowest BCUT2D eigenvalue weighted by Gasteiger charge is -2.30. The van der Waals surface area contributed by atoms with Crippen molar-refractivity contribution in [3.05, 3.63) is 0 Å². The molecule has 0 amide bonds. The van der Waals surface area contributed by atoms with E-state index in [4.69, 9.17) is 0 Å². The summed E-state index contributed by atoms with van der Waals surface area (Å²) in [7, 11) is 0. The molecule has 0 radical (unpaired) electrons. The van der Waals surface area contributed by atoms with Crippen molar-refractivity contribution in [3.63, 3.8) is 0 Å². The van der Waals surface area contributed by atoms with Gasteiger partial charge >= 0.3 is 0 Å². The molecule has 1 aliphatic heterocycles. The molecule has 1 saturated heterocycles. The molecule has 1 aliphatic rings. The first-order valence-corrected chi connectivity index (χ1v) is 7.64. The third-order valence-corrected chi connectivity index (χ3v) is 3.69. The summed E-state index contributed by atoms with van der Waals surface area (Å²) in [6.07, 6.45) is 8.40. The molecule has 1 fully saturated rings. The third kappa shape index (κ3) is 7.77. The van der Waals surface area contributed by atoms with Gasteiger partial charge in [-0.15, -0.1) is 0 Å². The lowest BCUT2D eigenvalue weighted by Crippen LogP contribution is -2.34. The Bertz CT molecular complexity index is 180. The summed E-state index contributed by atoms with van der Waals surface area (Å²) in [6, 6.07) is 0.643. The molecular formula is C15H32N2. The maximum atomic E-state index is 3.48. The molecule has 0 bridgehead atoms. The van der Waals surface area contributed by atoms with Gasteiger partial charge in [-0.2, -0.15) is 0 Å². The van der Waals surface area contributed by atoms with E-state index in [-0.39, 0.29) is 0 Å². The van der Waals surface area contributed by atoms with Gasteiger partial charge in [-0.1, -0.05) is 33.6 Å². The predicted octanol–water partition coefficient (Wildman–Crippen LogP) is 3.28. The van der Waals surface area contributed by atoms with Gasteiger partial charge in [-0.25, -0.2) is 0 Å². The van der Waals surface area contributed by atoms with Gasteiger partial charge in [0.25, 0.3) is 0 Å². The number of unbranched alkanes of at least 4 members (excludes halogenated alkanes) is 3. The highest BCUT2D eigenvalue weighted by Gasteiger charge is 2.14. The SMILES string of the molecule is CC1CCCN(CCCCCCNC(C)C)C1. The molecule has 2 heteroatoms. The Balaban J connectivity index is 1.86. The first kappa shape index (κ1) is 15.0. The van der Waals surface area contributed by atoms with Gasteiger partial charge in [0.2, 0.25) is 0 Å². The van der Waals surface area contributed by atoms with Crippen LogP contribution in [0.3, 0.4) is 0 Å². The second-order valence-electron chi connectivity index (χ2n) is 6.07. The first-order valence-electron chi connectivity index (χ1n) is 7.64. The Kier molecular flexibility index (Phi) is 7.87. The summed E-state index contributed by atoms with van der Waals surface area (Å²) in [6.45, 7) is 12.0. The largest absolute Gasteiger partial charge is 0.315 e. The average Bonchev–Trinajstić information content (AvgIpc) is 2.27. The van der Waals surface area contributed by atoms with E-state index >= 15 is 0 Å². The van der Waals surface area contributed by atoms with Crippen molar-refractivity contribution >= 4 is 0 Å². The Labute approximate surface area is 108 Å². The number of likely N-dealkylation sites (tertiary alicyclic amines) is 1. The van der Waals surface area contributed by atoms with E-state index in [9.17, 15) is 0 Å². The molecule has 2 nitrogen and oxygen atoms in total. The van der Waals surface area contributed by atoms with Crippen molar-refractivity contribution in [2.75, 3.05) is 26.2 Å². The number of rotatable bonds is 8. The maximum absolute atomic E-state index is 3.48. The fourth-order valence-corrected chi connectivity index (χ4v) is 2.69. The van der Waals surface area contributed by atoms with Crippen molar-refractivity contribution in [3.8, 4) is 0 Å². The average molecular weight is 240 g/mol. The number of nitrogens with one attached hydrogen (secondary N) is 1. The van der Waals surface area contributed by atoms with Crippen LogP contribution in [0.15, 0.2) is 0 Å². The summed E-state index contributed by atoms with van der Waals surface area (Å²) in [5.74, 6) is 0.930. The van der Waals surface area contributed by atoms with E-state index in [1.165, 1.54) is 64.7 Å². The quantitative estimate of drug-likeness (QED) is 0.655. The Morgan fingerprint density at radius 1 is 1.18 bits per heavy atom. The second kappa shape index (κ2) is 8.93. The van der Waals surface area contributed by atoms with Crippen molar-refractivity contribution in [1.29, 1.82) is 0 Å². The highest BCUT2D eigenvalue weighted by Crippen LogP contribution is 2.15. The van der Waals surface area contributed by atoms with Gasteiger partial charge < -0.3 is 10.2 Å². The maximum Gasteiger partial charge on any atom is 0.00103 e. The van der Waals surface area contributed by atoms with Crippen molar-refractivity contribution < 1.29 is 0 Å². The Hall–Kier alpha value is -0.0800. The highest BCUT2D eigenvalue weighted by molar-refractivity contribution is 4.69. The number of hydrogen-bond acceptors (Lipinski definition) is 2. The van der Waals surface area contributed by atoms with Crippen LogP contribution in [-0.2, 0) is 0 Å². The molecule has 0 saturated carbocycles. The first-order chi connectivity index (χ1) is 8.18. The van der Waals surface area contributed by atoms with E-state index in [0.717, 1.165) is 5.92 Å². The van der Waals surface area contributed by atoms with E-state index in [2.05, 4.69) is 31.0 Å². The second-order valence-corrected chi connectivity index (χ2v) is 6.07. The number of hydrogen-bond donors (Lipinski definition) is 1. The minimum Gasteiger partial charge on any atom is -0.315 e. The zero-order valence-corrected chi connectivity index (χ0v) is 12.2. The third-order valence-electron chi connectivity index (χ3n) is 3.69. The molecule has 1 atom stereocenters. The topological polar surface area (TPSA) is 15.3 Å². The van der Waals surface area contributed by atoms with Crippen LogP contribution >= 0.6 is 0 Å². The summed E-state index contributed by atoms with van der Waals surface area (Å²) >= 11 is 0. The lowest BCUT2D eigenvalue weighted by atomic mass is 10.00. The molecule has 0 aromatic carbocycles. The molecule has 17 heavy (non-hydrogen) atoms. The van der Waals surface area contributed by atoms with Crippen molar-refractivity contribution in [2.45, 2.75) is 65.3 Å². The minimum atomic E-state index is 0.643. The van der Waals surface area contributed by atoms with Crippen molar-refractivity contribution in [1.82, 2.24) is 10.2 Å². The van der Waals surface area contributed by atoms with Crippen LogP contribution < -0.4 is 5.32 Å². The molecule has 1 rings (SSSR count). The summed E-state index contributed by atoms with van der Waals surface area (Å²) in [5, 5.41) is 3.48. The summed E-state index contributed by atoms with van der Waals surface area (Å²) in [4.78, 5) is 2.67. The van der Waals surface area contributed by atoms with E-state index < -0.39 is 0 Å². The lowest BCUT2D eigenvalue weighted by molar-refractivity contribution is 0.180. The molecule has 0 aromatic heterocycles. The molecular weight excluding hydrogens is 208 g/mol. The van der Waals surface area contributed by atoms with Crippen LogP contribution in [-0.4, -0.2) is 37.1 Å². The van der Waals surface area contributed by atoms with E-state index in [1.54, 1.807) is 0 Å². The molecule has 1 heterocycles. The Morgan fingerprint density at radius 2 is 1.94 bits per heavy atom. The number of piperidine rings is 1. The molecule has 0 spiro atoms. The minimum absolute atomic E-state index is 0.643. The molecule has 1 N–H and O–H groups in total. The molecule has 0 aromatic rings. The van der Waals surface area contributed by atoms with Crippen LogP contribution in [0.2, 0.25) is 0 Å². The Morgan fingerprint density at radius 3 is 2.65 bits per heavy atom. The van der Waals surface area contributed by atoms with Gasteiger partial charge in [0.05, 0.1) is 0 Å². The van der Waals surface area contributed by atoms with Crippen LogP contribution in [0.5, 0.6) is 0 Å². The monoisotopic (exact) mass is 240 g/mol. The number of nitrogens with zero attached hydrogens (tertiary/aromatic N) is 1. The van der Waals surface area contributed by atoms with E-state index in [1.807, 2.05) is 0 Å². The summed E-state index contributed by atoms with van der Waals surface area (Å²) in [5.41, 5.74) is 0. The summed E-state index contributed by atoms with van der Waals surface area (Å²) < 4.78 is 0. The predicted molar refractivity (Wildman–Crippen MR) is 76.4 cm³/mol. The smallest absolute Gasteiger partial charge is 0.00103 e. The normalized spacial score (nSPS) is 22.2. The van der Waals surface area contributed by atoms with Gasteiger partial charge in [0, 0.05) is 12.6 Å². The van der Waals surface area contributed by atoms with Crippen LogP contribution in [0.1, 0.15) is 59.3 Å². The molecule has 102 valence electrons. The van der Waals surface area contributed by atoms with Gasteiger partial charge in [-0.3, -0.25) is 0 Å².